The molecular formula is C6H17NO2. The largest absolute Gasteiger partial charge is 0.368 e. The highest BCUT2D eigenvalue weighted by atomic mass is 16.6. The summed E-state index contributed by atoms with van der Waals surface area (Å²) in [5, 5.41) is 8.33. The van der Waals surface area contributed by atoms with E-state index in [-0.39, 0.29) is 0 Å². The first-order valence-electron chi connectivity index (χ1n) is 3.18. The van der Waals surface area contributed by atoms with Crippen molar-refractivity contribution in [1.82, 2.24) is 0 Å². The molecule has 0 amide bonds. The zero-order chi connectivity index (χ0) is 7.70. The monoisotopic (exact) mass is 135 g/mol. The molecule has 3 N–H and O–H groups in total. The molecule has 0 aliphatic rings. The van der Waals surface area contributed by atoms with Gasteiger partial charge in [0.2, 0.25) is 0 Å². The molecule has 0 radical (unpaired) electrons. The van der Waals surface area contributed by atoms with Gasteiger partial charge in [0.1, 0.15) is 0 Å². The van der Waals surface area contributed by atoms with E-state index in [1.165, 1.54) is 0 Å². The zero-order valence-electron chi connectivity index (χ0n) is 6.42. The molecule has 58 valence electrons. The highest BCUT2D eigenvalue weighted by Crippen LogP contribution is 1.78. The highest BCUT2D eigenvalue weighted by Gasteiger charge is 1.85. The summed E-state index contributed by atoms with van der Waals surface area (Å²) in [6, 6.07) is 0. The van der Waals surface area contributed by atoms with E-state index in [9.17, 15) is 0 Å². The van der Waals surface area contributed by atoms with Gasteiger partial charge in [-0.25, -0.2) is 0 Å². The zero-order valence-corrected chi connectivity index (χ0v) is 6.42. The Morgan fingerprint density at radius 1 is 1.56 bits per heavy atom. The highest BCUT2D eigenvalue weighted by molar-refractivity contribution is 4.17. The summed E-state index contributed by atoms with van der Waals surface area (Å²) in [7, 11) is 0. The Labute approximate surface area is 56.8 Å². The fraction of sp³-hybridized carbons (Fsp3) is 1.00. The van der Waals surface area contributed by atoms with Crippen LogP contribution in [0, 0.1) is 0 Å². The third-order valence-electron chi connectivity index (χ3n) is 0.408. The molecule has 1 unspecified atom stereocenters. The van der Waals surface area contributed by atoms with Crippen molar-refractivity contribution in [3.05, 3.63) is 0 Å². The molecule has 1 atom stereocenters. The fourth-order valence-electron chi connectivity index (χ4n) is 0.241. The number of hydrogen-bond acceptors (Lipinski definition) is 3. The smallest absolute Gasteiger partial charge is 0.151 e. The molecule has 3 nitrogen and oxygen atoms in total. The molecular weight excluding hydrogens is 118 g/mol. The summed E-state index contributed by atoms with van der Waals surface area (Å²) in [5.41, 5.74) is 4.85. The maximum absolute atomic E-state index is 8.33. The molecule has 0 aliphatic heterocycles. The Balaban J connectivity index is 0. The van der Waals surface area contributed by atoms with Crippen molar-refractivity contribution in [1.29, 1.82) is 0 Å². The molecule has 0 aromatic carbocycles. The summed E-state index contributed by atoms with van der Waals surface area (Å²) in [6.45, 7) is 6.66. The molecule has 0 saturated carbocycles. The van der Waals surface area contributed by atoms with Gasteiger partial charge in [-0.15, -0.1) is 0 Å². The van der Waals surface area contributed by atoms with E-state index >= 15 is 0 Å². The first kappa shape index (κ1) is 11.6. The molecule has 0 aromatic rings. The Morgan fingerprint density at radius 3 is 1.89 bits per heavy atom. The van der Waals surface area contributed by atoms with Crippen LogP contribution >= 0.6 is 0 Å². The van der Waals surface area contributed by atoms with Crippen LogP contribution in [0.2, 0.25) is 0 Å². The minimum atomic E-state index is -0.602. The number of aliphatic hydroxyl groups excluding tert-OH is 1. The van der Waals surface area contributed by atoms with Gasteiger partial charge >= 0.3 is 0 Å². The van der Waals surface area contributed by atoms with Crippen molar-refractivity contribution in [2.45, 2.75) is 27.1 Å². The third kappa shape index (κ3) is 32.8. The lowest BCUT2D eigenvalue weighted by Gasteiger charge is -1.99. The quantitative estimate of drug-likeness (QED) is 0.536. The maximum Gasteiger partial charge on any atom is 0.151 e. The number of nitrogens with two attached hydrogens (primary N) is 1. The number of ether oxygens (including phenoxy) is 1. The van der Waals surface area contributed by atoms with Crippen molar-refractivity contribution < 1.29 is 9.84 Å². The van der Waals surface area contributed by atoms with Crippen LogP contribution in [0.3, 0.4) is 0 Å². The predicted molar refractivity (Wildman–Crippen MR) is 38.0 cm³/mol. The van der Waals surface area contributed by atoms with Gasteiger partial charge in [-0.3, -0.25) is 0 Å². The van der Waals surface area contributed by atoms with Gasteiger partial charge in [-0.2, -0.15) is 0 Å². The van der Waals surface area contributed by atoms with Crippen LogP contribution in [0.1, 0.15) is 20.8 Å². The second-order valence-electron chi connectivity index (χ2n) is 1.46. The number of hydrogen-bond donors (Lipinski definition) is 2. The molecule has 0 aromatic heterocycles. The normalized spacial score (nSPS) is 11.7. The lowest BCUT2D eigenvalue weighted by molar-refractivity contribution is -0.0800. The van der Waals surface area contributed by atoms with Crippen molar-refractivity contribution >= 4 is 0 Å². The lowest BCUT2D eigenvalue weighted by atomic mass is 10.7. The SMILES string of the molecule is CCN.CCOC(C)O. The summed E-state index contributed by atoms with van der Waals surface area (Å²) >= 11 is 0. The number of aliphatic hydroxyl groups is 1. The van der Waals surface area contributed by atoms with E-state index in [1.807, 2.05) is 13.8 Å². The average molecular weight is 135 g/mol. The summed E-state index contributed by atoms with van der Waals surface area (Å²) < 4.78 is 4.60. The van der Waals surface area contributed by atoms with E-state index < -0.39 is 6.29 Å². The average Bonchev–Trinajstić information content (AvgIpc) is 1.67. The van der Waals surface area contributed by atoms with Crippen LogP contribution in [0.25, 0.3) is 0 Å². The van der Waals surface area contributed by atoms with Crippen LogP contribution in [0.15, 0.2) is 0 Å². The van der Waals surface area contributed by atoms with Crippen molar-refractivity contribution in [3.63, 3.8) is 0 Å². The standard InChI is InChI=1S/C4H10O2.C2H7N/c1-3-6-4(2)5;1-2-3/h4-5H,3H2,1-2H3;2-3H2,1H3. The predicted octanol–water partition coefficient (Wildman–Crippen LogP) is 0.326. The first-order valence-corrected chi connectivity index (χ1v) is 3.18. The molecule has 9 heavy (non-hydrogen) atoms. The van der Waals surface area contributed by atoms with E-state index in [1.54, 1.807) is 6.92 Å². The van der Waals surface area contributed by atoms with Gasteiger partial charge in [0.25, 0.3) is 0 Å². The summed E-state index contributed by atoms with van der Waals surface area (Å²) in [6.07, 6.45) is -0.602. The molecule has 0 aliphatic carbocycles. The Morgan fingerprint density at radius 2 is 1.89 bits per heavy atom. The molecule has 3 heteroatoms. The van der Waals surface area contributed by atoms with Crippen molar-refractivity contribution in [3.8, 4) is 0 Å². The van der Waals surface area contributed by atoms with Gasteiger partial charge in [-0.1, -0.05) is 6.92 Å². The fourth-order valence-corrected chi connectivity index (χ4v) is 0.241. The Bertz CT molecular complexity index is 40.0. The maximum atomic E-state index is 8.33. The molecule has 0 fully saturated rings. The van der Waals surface area contributed by atoms with Crippen LogP contribution in [-0.2, 0) is 4.74 Å². The van der Waals surface area contributed by atoms with Gasteiger partial charge < -0.3 is 15.6 Å². The first-order chi connectivity index (χ1) is 4.18. The van der Waals surface area contributed by atoms with Crippen LogP contribution in [0.4, 0.5) is 0 Å². The minimum absolute atomic E-state index is 0.581. The number of rotatable bonds is 2. The van der Waals surface area contributed by atoms with Crippen molar-refractivity contribution in [2.24, 2.45) is 5.73 Å². The molecule has 0 spiro atoms. The summed E-state index contributed by atoms with van der Waals surface area (Å²) in [4.78, 5) is 0. The molecule has 0 heterocycles. The lowest BCUT2D eigenvalue weighted by Crippen LogP contribution is -2.04. The second-order valence-corrected chi connectivity index (χ2v) is 1.46. The van der Waals surface area contributed by atoms with Gasteiger partial charge in [0, 0.05) is 6.61 Å². The second kappa shape index (κ2) is 10.8. The van der Waals surface area contributed by atoms with E-state index in [4.69, 9.17) is 10.8 Å². The van der Waals surface area contributed by atoms with Crippen LogP contribution in [-0.4, -0.2) is 24.5 Å². The van der Waals surface area contributed by atoms with Crippen LogP contribution < -0.4 is 5.73 Å². The molecule has 0 rings (SSSR count). The van der Waals surface area contributed by atoms with Gasteiger partial charge in [0.05, 0.1) is 0 Å². The topological polar surface area (TPSA) is 55.5 Å². The minimum Gasteiger partial charge on any atom is -0.368 e. The van der Waals surface area contributed by atoms with E-state index in [2.05, 4.69) is 4.74 Å². The third-order valence-corrected chi connectivity index (χ3v) is 0.408. The molecule has 0 bridgehead atoms. The van der Waals surface area contributed by atoms with Gasteiger partial charge in [0.15, 0.2) is 6.29 Å². The van der Waals surface area contributed by atoms with Gasteiger partial charge in [-0.05, 0) is 20.4 Å². The molecule has 0 saturated heterocycles. The van der Waals surface area contributed by atoms with E-state index in [0.29, 0.717) is 6.61 Å². The Kier molecular flexibility index (Phi) is 14.0. The Hall–Kier alpha value is -0.120. The van der Waals surface area contributed by atoms with E-state index in [0.717, 1.165) is 6.54 Å². The van der Waals surface area contributed by atoms with Crippen LogP contribution in [0.5, 0.6) is 0 Å². The van der Waals surface area contributed by atoms with Crippen molar-refractivity contribution in [2.75, 3.05) is 13.2 Å². The summed E-state index contributed by atoms with van der Waals surface area (Å²) in [5.74, 6) is 0.